The second-order valence-corrected chi connectivity index (χ2v) is 8.16. The number of nitrogens with one attached hydrogen (secondary N) is 1. The number of ether oxygens (including phenoxy) is 2. The van der Waals surface area contributed by atoms with Crippen molar-refractivity contribution in [1.82, 2.24) is 15.1 Å². The lowest BCUT2D eigenvalue weighted by Crippen LogP contribution is -2.52. The smallest absolute Gasteiger partial charge is 0.255 e. The summed E-state index contributed by atoms with van der Waals surface area (Å²) < 4.78 is 49.8. The molecule has 1 N–H and O–H groups in total. The van der Waals surface area contributed by atoms with Crippen LogP contribution in [0.25, 0.3) is 0 Å². The molecule has 2 aromatic carbocycles. The summed E-state index contributed by atoms with van der Waals surface area (Å²) in [6.07, 6.45) is 0.425. The normalized spacial score (nSPS) is 27.7. The molecule has 2 saturated heterocycles. The first-order valence-electron chi connectivity index (χ1n) is 13.4. The van der Waals surface area contributed by atoms with Crippen molar-refractivity contribution in [2.45, 2.75) is 38.6 Å². The van der Waals surface area contributed by atoms with Gasteiger partial charge < -0.3 is 19.3 Å². The number of piperidine rings is 1. The maximum atomic E-state index is 13.0. The average Bonchev–Trinajstić information content (AvgIpc) is 3.21. The first-order valence-corrected chi connectivity index (χ1v) is 10.8. The molecular weight excluding hydrogens is 438 g/mol. The fourth-order valence-electron chi connectivity index (χ4n) is 4.17. The van der Waals surface area contributed by atoms with Crippen LogP contribution >= 0.6 is 0 Å². The SMILES string of the molecule is [2H]C1OC([2H])([2H])C([2H])([2H])N(Cc2ccc(COc3cccc4c3CN(C3CCC(=O)NC3=O)C4=O)cc2)C1=O. The Bertz CT molecular complexity index is 1350. The van der Waals surface area contributed by atoms with E-state index in [0.29, 0.717) is 27.3 Å². The molecular formula is C25H25N3O6. The number of benzene rings is 2. The molecule has 2 atom stereocenters. The van der Waals surface area contributed by atoms with Crippen LogP contribution in [0.1, 0.15) is 46.7 Å². The van der Waals surface area contributed by atoms with Gasteiger partial charge in [0, 0.05) is 30.6 Å². The van der Waals surface area contributed by atoms with Gasteiger partial charge in [-0.15, -0.1) is 0 Å². The number of carbonyl (C=O) groups excluding carboxylic acids is 4. The van der Waals surface area contributed by atoms with Crippen LogP contribution in [0, 0.1) is 0 Å². The van der Waals surface area contributed by atoms with E-state index in [2.05, 4.69) is 10.1 Å². The van der Waals surface area contributed by atoms with E-state index in [9.17, 15) is 19.2 Å². The number of fused-ring (bicyclic) bond motifs is 1. The standard InChI is InChI=1S/C25H25N3O6/c29-22-9-8-20(24(31)26-22)28-13-19-18(25(28)32)2-1-3-21(19)34-14-17-6-4-16(5-7-17)12-27-10-11-33-15-23(27)30/h1-7,20H,8-15H2,(H,26,29,31)/i10D2,11D2,15D. The van der Waals surface area contributed by atoms with Gasteiger partial charge in [0.2, 0.25) is 17.7 Å². The largest absolute Gasteiger partial charge is 0.489 e. The van der Waals surface area contributed by atoms with E-state index in [1.165, 1.54) is 4.90 Å². The van der Waals surface area contributed by atoms with Crippen molar-refractivity contribution in [2.24, 2.45) is 0 Å². The fourth-order valence-corrected chi connectivity index (χ4v) is 4.17. The quantitative estimate of drug-likeness (QED) is 0.643. The number of nitrogens with zero attached hydrogens (tertiary/aromatic N) is 2. The van der Waals surface area contributed by atoms with Crippen molar-refractivity contribution in [3.05, 3.63) is 64.7 Å². The third kappa shape index (κ3) is 4.38. The lowest BCUT2D eigenvalue weighted by Gasteiger charge is -2.29. The Labute approximate surface area is 203 Å². The molecule has 0 bridgehead atoms. The van der Waals surface area contributed by atoms with Crippen LogP contribution in [0.15, 0.2) is 42.5 Å². The van der Waals surface area contributed by atoms with Crippen molar-refractivity contribution < 1.29 is 35.5 Å². The minimum absolute atomic E-state index is 0.137. The molecule has 4 amide bonds. The molecule has 0 saturated carbocycles. The summed E-state index contributed by atoms with van der Waals surface area (Å²) in [7, 11) is 0. The van der Waals surface area contributed by atoms with E-state index in [1.807, 2.05) is 0 Å². The molecule has 0 radical (unpaired) electrons. The van der Waals surface area contributed by atoms with Crippen molar-refractivity contribution >= 4 is 23.6 Å². The molecule has 34 heavy (non-hydrogen) atoms. The van der Waals surface area contributed by atoms with Gasteiger partial charge in [0.05, 0.1) is 20.0 Å². The predicted molar refractivity (Wildman–Crippen MR) is 119 cm³/mol. The van der Waals surface area contributed by atoms with Gasteiger partial charge in [-0.05, 0) is 29.7 Å². The summed E-state index contributed by atoms with van der Waals surface area (Å²) in [5.41, 5.74) is 2.35. The number of imide groups is 1. The number of amides is 4. The van der Waals surface area contributed by atoms with Crippen LogP contribution in [0.5, 0.6) is 5.75 Å². The highest BCUT2D eigenvalue weighted by Crippen LogP contribution is 2.34. The Morgan fingerprint density at radius 2 is 1.88 bits per heavy atom. The lowest BCUT2D eigenvalue weighted by atomic mass is 10.0. The van der Waals surface area contributed by atoms with Crippen LogP contribution < -0.4 is 10.1 Å². The van der Waals surface area contributed by atoms with E-state index < -0.39 is 37.5 Å². The summed E-state index contributed by atoms with van der Waals surface area (Å²) in [6.45, 7) is -7.41. The summed E-state index contributed by atoms with van der Waals surface area (Å²) in [5.74, 6) is -1.63. The molecule has 2 aromatic rings. The summed E-state index contributed by atoms with van der Waals surface area (Å²) in [5, 5.41) is 2.28. The summed E-state index contributed by atoms with van der Waals surface area (Å²) in [6, 6.07) is 11.1. The Balaban J connectivity index is 1.25. The van der Waals surface area contributed by atoms with Gasteiger partial charge in [0.1, 0.15) is 25.0 Å². The molecule has 2 fully saturated rings. The molecule has 0 spiro atoms. The Kier molecular flexibility index (Phi) is 4.58. The van der Waals surface area contributed by atoms with Crippen molar-refractivity contribution in [3.63, 3.8) is 0 Å². The van der Waals surface area contributed by atoms with Gasteiger partial charge in [-0.1, -0.05) is 30.3 Å². The van der Waals surface area contributed by atoms with Crippen molar-refractivity contribution in [3.8, 4) is 5.75 Å². The molecule has 3 heterocycles. The van der Waals surface area contributed by atoms with Gasteiger partial charge in [-0.2, -0.15) is 0 Å². The van der Waals surface area contributed by atoms with Gasteiger partial charge in [0.25, 0.3) is 5.91 Å². The van der Waals surface area contributed by atoms with Crippen molar-refractivity contribution in [2.75, 3.05) is 19.6 Å². The zero-order chi connectivity index (χ0) is 28.1. The molecule has 0 aliphatic carbocycles. The Morgan fingerprint density at radius 1 is 1.09 bits per heavy atom. The maximum Gasteiger partial charge on any atom is 0.255 e. The zero-order valence-electron chi connectivity index (χ0n) is 23.1. The van der Waals surface area contributed by atoms with E-state index >= 15 is 0 Å². The van der Waals surface area contributed by atoms with Crippen LogP contribution in [-0.4, -0.2) is 59.1 Å². The fraction of sp³-hybridized carbons (Fsp3) is 0.360. The zero-order valence-corrected chi connectivity index (χ0v) is 18.1. The molecule has 5 rings (SSSR count). The molecule has 9 heteroatoms. The molecule has 0 aromatic heterocycles. The van der Waals surface area contributed by atoms with Crippen LogP contribution in [0.3, 0.4) is 0 Å². The molecule has 2 unspecified atom stereocenters. The van der Waals surface area contributed by atoms with Crippen LogP contribution in [0.4, 0.5) is 0 Å². The number of carbonyl (C=O) groups is 4. The number of morpholine rings is 1. The number of hydrogen-bond acceptors (Lipinski definition) is 6. The van der Waals surface area contributed by atoms with Gasteiger partial charge in [0.15, 0.2) is 0 Å². The highest BCUT2D eigenvalue weighted by atomic mass is 16.5. The van der Waals surface area contributed by atoms with Gasteiger partial charge >= 0.3 is 0 Å². The third-order valence-electron chi connectivity index (χ3n) is 5.96. The first kappa shape index (κ1) is 16.8. The second kappa shape index (κ2) is 9.26. The van der Waals surface area contributed by atoms with Gasteiger partial charge in [-0.3, -0.25) is 24.5 Å². The van der Waals surface area contributed by atoms with E-state index in [0.717, 1.165) is 5.56 Å². The summed E-state index contributed by atoms with van der Waals surface area (Å²) >= 11 is 0. The monoisotopic (exact) mass is 468 g/mol. The van der Waals surface area contributed by atoms with Crippen molar-refractivity contribution in [1.29, 1.82) is 0 Å². The number of rotatable bonds is 6. The first-order chi connectivity index (χ1) is 18.4. The lowest BCUT2D eigenvalue weighted by molar-refractivity contribution is -0.143. The Hall–Kier alpha value is -3.72. The minimum atomic E-state index is -2.84. The van der Waals surface area contributed by atoms with E-state index in [1.54, 1.807) is 42.5 Å². The molecule has 3 aliphatic heterocycles. The molecule has 176 valence electrons. The second-order valence-electron chi connectivity index (χ2n) is 8.16. The van der Waals surface area contributed by atoms with Gasteiger partial charge in [-0.25, -0.2) is 0 Å². The molecule has 9 nitrogen and oxygen atoms in total. The minimum Gasteiger partial charge on any atom is -0.489 e. The molecule has 3 aliphatic rings. The maximum absolute atomic E-state index is 13.0. The summed E-state index contributed by atoms with van der Waals surface area (Å²) in [4.78, 5) is 51.3. The predicted octanol–water partition coefficient (Wildman–Crippen LogP) is 1.39. The number of hydrogen-bond donors (Lipinski definition) is 1. The van der Waals surface area contributed by atoms with Crippen LogP contribution in [-0.2, 0) is 38.8 Å². The highest BCUT2D eigenvalue weighted by molar-refractivity contribution is 6.05. The van der Waals surface area contributed by atoms with E-state index in [4.69, 9.17) is 11.6 Å². The third-order valence-corrected chi connectivity index (χ3v) is 5.96. The highest BCUT2D eigenvalue weighted by Gasteiger charge is 2.40. The topological polar surface area (TPSA) is 105 Å². The van der Waals surface area contributed by atoms with E-state index in [-0.39, 0.29) is 44.4 Å². The average molecular weight is 469 g/mol. The Morgan fingerprint density at radius 3 is 2.68 bits per heavy atom. The van der Waals surface area contributed by atoms with Crippen LogP contribution in [0.2, 0.25) is 0 Å².